The molecule has 0 spiro atoms. The Morgan fingerprint density at radius 2 is 1.69 bits per heavy atom. The van der Waals surface area contributed by atoms with Crippen molar-refractivity contribution in [3.05, 3.63) is 41.7 Å². The van der Waals surface area contributed by atoms with Crippen molar-refractivity contribution >= 4 is 41.3 Å². The van der Waals surface area contributed by atoms with Crippen LogP contribution in [0.2, 0.25) is 0 Å². The number of hydrogen-bond acceptors (Lipinski definition) is 10. The number of unbranched alkanes of at least 4 members (excludes halogenated alkanes) is 1. The van der Waals surface area contributed by atoms with Crippen LogP contribution in [0, 0.1) is 11.8 Å². The van der Waals surface area contributed by atoms with Gasteiger partial charge in [-0.05, 0) is 53.5 Å². The highest BCUT2D eigenvalue weighted by molar-refractivity contribution is 6.38. The molecule has 0 bridgehead atoms. The molecular formula is C35H51N9O8. The summed E-state index contributed by atoms with van der Waals surface area (Å²) in [5, 5.41) is 33.4. The number of carbonyl (C=O) groups excluding carboxylic acids is 6. The first kappa shape index (κ1) is 41.2. The number of nitrogens with one attached hydrogen (secondary N) is 5. The second-order valence-corrected chi connectivity index (χ2v) is 13.4. The summed E-state index contributed by atoms with van der Waals surface area (Å²) in [5.74, 6) is -5.18. The van der Waals surface area contributed by atoms with Crippen LogP contribution in [-0.2, 0) is 46.4 Å². The molecule has 3 rings (SSSR count). The van der Waals surface area contributed by atoms with Gasteiger partial charge in [0.25, 0.3) is 5.91 Å². The average Bonchev–Trinajstić information content (AvgIpc) is 3.81. The number of carbonyl (C=O) groups is 7. The minimum Gasteiger partial charge on any atom is -0.480 e. The lowest BCUT2D eigenvalue weighted by Crippen LogP contribution is -2.58. The molecule has 1 aromatic heterocycles. The van der Waals surface area contributed by atoms with Crippen LogP contribution in [0.15, 0.2) is 30.3 Å². The van der Waals surface area contributed by atoms with Crippen molar-refractivity contribution in [2.24, 2.45) is 11.8 Å². The van der Waals surface area contributed by atoms with E-state index in [1.54, 1.807) is 51.1 Å². The summed E-state index contributed by atoms with van der Waals surface area (Å²) in [6, 6.07) is 4.08. The van der Waals surface area contributed by atoms with Gasteiger partial charge in [0.2, 0.25) is 29.4 Å². The summed E-state index contributed by atoms with van der Waals surface area (Å²) < 4.78 is 0. The number of H-pyrrole nitrogens is 1. The second-order valence-electron chi connectivity index (χ2n) is 13.4. The molecular weight excluding hydrogens is 674 g/mol. The van der Waals surface area contributed by atoms with Crippen LogP contribution >= 0.6 is 0 Å². The lowest BCUT2D eigenvalue weighted by atomic mass is 10.0. The molecule has 1 aliphatic rings. The van der Waals surface area contributed by atoms with Gasteiger partial charge in [0, 0.05) is 25.8 Å². The number of likely N-dealkylation sites (tertiary alicyclic amines) is 1. The number of carboxylic acid groups (broad SMARTS) is 1. The summed E-state index contributed by atoms with van der Waals surface area (Å²) in [5.41, 5.74) is 0.655. The molecule has 17 nitrogen and oxygen atoms in total. The number of carboxylic acids is 1. The fourth-order valence-corrected chi connectivity index (χ4v) is 6.02. The molecule has 17 heteroatoms. The third-order valence-electron chi connectivity index (χ3n) is 9.02. The maximum atomic E-state index is 13.9. The summed E-state index contributed by atoms with van der Waals surface area (Å²) in [4.78, 5) is 92.5. The molecule has 1 saturated heterocycles. The largest absolute Gasteiger partial charge is 0.480 e. The minimum atomic E-state index is -1.37. The van der Waals surface area contributed by atoms with Crippen molar-refractivity contribution in [3.8, 4) is 0 Å². The zero-order chi connectivity index (χ0) is 38.2. The first-order valence-electron chi connectivity index (χ1n) is 17.8. The molecule has 3 unspecified atom stereocenters. The number of amides is 5. The number of Topliss-reactive ketones (excluding diaryl/α,β-unsaturated/α-hetero) is 1. The van der Waals surface area contributed by atoms with Crippen molar-refractivity contribution in [2.75, 3.05) is 13.1 Å². The van der Waals surface area contributed by atoms with Crippen LogP contribution in [0.1, 0.15) is 84.0 Å². The zero-order valence-electron chi connectivity index (χ0n) is 30.2. The number of hydrogen-bond donors (Lipinski definition) is 6. The van der Waals surface area contributed by atoms with E-state index >= 15 is 0 Å². The van der Waals surface area contributed by atoms with E-state index in [0.717, 1.165) is 0 Å². The van der Waals surface area contributed by atoms with Gasteiger partial charge in [0.15, 0.2) is 0 Å². The highest BCUT2D eigenvalue weighted by Gasteiger charge is 2.43. The van der Waals surface area contributed by atoms with Gasteiger partial charge < -0.3 is 31.3 Å². The Morgan fingerprint density at radius 1 is 0.962 bits per heavy atom. The van der Waals surface area contributed by atoms with E-state index in [0.29, 0.717) is 49.9 Å². The van der Waals surface area contributed by atoms with Crippen molar-refractivity contribution in [3.63, 3.8) is 0 Å². The number of aromatic amines is 1. The molecule has 0 aliphatic carbocycles. The number of aliphatic carboxylic acids is 1. The van der Waals surface area contributed by atoms with Crippen molar-refractivity contribution in [1.82, 2.24) is 46.8 Å². The quantitative estimate of drug-likeness (QED) is 0.0763. The van der Waals surface area contributed by atoms with E-state index < -0.39 is 59.5 Å². The summed E-state index contributed by atoms with van der Waals surface area (Å²) >= 11 is 0. The lowest BCUT2D eigenvalue weighted by Gasteiger charge is -2.31. The number of rotatable bonds is 21. The zero-order valence-corrected chi connectivity index (χ0v) is 30.2. The summed E-state index contributed by atoms with van der Waals surface area (Å²) in [6.45, 7) is 7.13. The lowest BCUT2D eigenvalue weighted by molar-refractivity contribution is -0.146. The Morgan fingerprint density at radius 3 is 2.31 bits per heavy atom. The Balaban J connectivity index is 1.61. The third-order valence-corrected chi connectivity index (χ3v) is 9.02. The normalized spacial score (nSPS) is 17.1. The van der Waals surface area contributed by atoms with E-state index in [1.165, 1.54) is 4.90 Å². The molecule has 2 aromatic rings. The summed E-state index contributed by atoms with van der Waals surface area (Å²) in [6.07, 6.45) is 3.50. The molecule has 1 fully saturated rings. The number of benzene rings is 1. The van der Waals surface area contributed by atoms with E-state index in [1.807, 2.05) is 6.92 Å². The van der Waals surface area contributed by atoms with Gasteiger partial charge in [-0.3, -0.25) is 28.8 Å². The fourth-order valence-electron chi connectivity index (χ4n) is 6.02. The average molecular weight is 726 g/mol. The van der Waals surface area contributed by atoms with Gasteiger partial charge in [-0.2, -0.15) is 0 Å². The Bertz CT molecular complexity index is 1520. The highest BCUT2D eigenvalue weighted by Crippen LogP contribution is 2.28. The molecule has 1 aromatic carbocycles. The maximum Gasteiger partial charge on any atom is 0.326 e. The Hall–Kier alpha value is -5.22. The van der Waals surface area contributed by atoms with Gasteiger partial charge in [-0.15, -0.1) is 5.10 Å². The van der Waals surface area contributed by atoms with E-state index in [2.05, 4.69) is 41.9 Å². The SMILES string of the molecule is CCCC(NC(=O)[C@@H]1C[C@@H](CC)CN1C(=O)C(NC(=O)CNC(=O)CCCCc1nnn[nH]1)C(C)C)C(=O)C(=O)NC(Cc1ccccc1)C(=O)O. The van der Waals surface area contributed by atoms with Crippen LogP contribution < -0.4 is 21.3 Å². The minimum absolute atomic E-state index is 0.0271. The number of ketones is 1. The Labute approximate surface area is 302 Å². The molecule has 6 N–H and O–H groups in total. The van der Waals surface area contributed by atoms with E-state index in [9.17, 15) is 38.7 Å². The maximum absolute atomic E-state index is 13.9. The molecule has 5 amide bonds. The van der Waals surface area contributed by atoms with Crippen LogP contribution in [-0.4, -0.2) is 109 Å². The van der Waals surface area contributed by atoms with Gasteiger partial charge in [0.05, 0.1) is 12.6 Å². The molecule has 5 atom stereocenters. The number of aromatic nitrogens is 4. The van der Waals surface area contributed by atoms with Gasteiger partial charge >= 0.3 is 5.97 Å². The molecule has 0 saturated carbocycles. The Kier molecular flexibility index (Phi) is 16.3. The van der Waals surface area contributed by atoms with Crippen molar-refractivity contribution < 1.29 is 38.7 Å². The van der Waals surface area contributed by atoms with E-state index in [4.69, 9.17) is 0 Å². The van der Waals surface area contributed by atoms with Gasteiger partial charge in [0.1, 0.15) is 23.9 Å². The third kappa shape index (κ3) is 12.5. The van der Waals surface area contributed by atoms with Gasteiger partial charge in [-0.1, -0.05) is 70.9 Å². The van der Waals surface area contributed by atoms with Crippen LogP contribution in [0.4, 0.5) is 0 Å². The highest BCUT2D eigenvalue weighted by atomic mass is 16.4. The van der Waals surface area contributed by atoms with Crippen LogP contribution in [0.3, 0.4) is 0 Å². The summed E-state index contributed by atoms with van der Waals surface area (Å²) in [7, 11) is 0. The number of nitrogens with zero attached hydrogens (tertiary/aromatic N) is 4. The predicted octanol–water partition coefficient (Wildman–Crippen LogP) is 0.463. The molecule has 2 heterocycles. The molecule has 1 aliphatic heterocycles. The standard InChI is InChI=1S/C35H51N9O8/c1-5-12-24(31(47)33(49)38-25(35(51)52)17-23-13-8-7-9-14-23)37-32(48)26-18-22(6-2)20-44(26)34(50)30(21(3)4)39-29(46)19-36-28(45)16-11-10-15-27-40-42-43-41-27/h7-9,13-14,21-22,24-26,30H,5-6,10-12,15-20H2,1-4H3,(H,36,45)(H,37,48)(H,38,49)(H,39,46)(H,51,52)(H,40,41,42,43)/t22-,24?,25?,26+,30?/m1/s1. The van der Waals surface area contributed by atoms with Crippen LogP contribution in [0.5, 0.6) is 0 Å². The van der Waals surface area contributed by atoms with Gasteiger partial charge in [-0.25, -0.2) is 9.89 Å². The fraction of sp³-hybridized carbons (Fsp3) is 0.600. The van der Waals surface area contributed by atoms with Crippen molar-refractivity contribution in [1.29, 1.82) is 0 Å². The number of tetrazole rings is 1. The molecule has 284 valence electrons. The topological polar surface area (TPSA) is 246 Å². The molecule has 0 radical (unpaired) electrons. The molecule has 52 heavy (non-hydrogen) atoms. The van der Waals surface area contributed by atoms with Crippen LogP contribution in [0.25, 0.3) is 0 Å². The second kappa shape index (κ2) is 20.6. The monoisotopic (exact) mass is 725 g/mol. The first-order chi connectivity index (χ1) is 24.8. The first-order valence-corrected chi connectivity index (χ1v) is 17.8. The van der Waals surface area contributed by atoms with Crippen molar-refractivity contribution in [2.45, 2.75) is 110 Å². The number of aryl methyl sites for hydroxylation is 1. The predicted molar refractivity (Wildman–Crippen MR) is 187 cm³/mol. The smallest absolute Gasteiger partial charge is 0.326 e. The van der Waals surface area contributed by atoms with E-state index in [-0.39, 0.29) is 50.1 Å².